The summed E-state index contributed by atoms with van der Waals surface area (Å²) < 4.78 is 13.2. The second-order valence-corrected chi connectivity index (χ2v) is 7.95. The molecule has 2 aromatic carbocycles. The Balaban J connectivity index is 1.22. The van der Waals surface area contributed by atoms with Crippen LogP contribution in [-0.4, -0.2) is 41.1 Å². The average molecular weight is 432 g/mol. The molecule has 32 heavy (non-hydrogen) atoms. The van der Waals surface area contributed by atoms with Gasteiger partial charge in [0.1, 0.15) is 13.2 Å². The number of nitrogens with zero attached hydrogens (tertiary/aromatic N) is 3. The van der Waals surface area contributed by atoms with E-state index in [0.29, 0.717) is 44.3 Å². The average Bonchev–Trinajstić information content (AvgIpc) is 3.47. The summed E-state index contributed by atoms with van der Waals surface area (Å²) in [6.07, 6.45) is 5.61. The molecule has 0 saturated carbocycles. The van der Waals surface area contributed by atoms with Crippen molar-refractivity contribution in [1.82, 2.24) is 14.9 Å². The van der Waals surface area contributed by atoms with Gasteiger partial charge in [-0.2, -0.15) is 0 Å². The lowest BCUT2D eigenvalue weighted by Crippen LogP contribution is -2.33. The Hall–Kier alpha value is -3.81. The molecule has 2 amide bonds. The van der Waals surface area contributed by atoms with Crippen LogP contribution in [0.1, 0.15) is 17.5 Å². The lowest BCUT2D eigenvalue weighted by Gasteiger charge is -2.22. The molecule has 0 aliphatic carbocycles. The number of carbonyl (C=O) groups is 2. The minimum Gasteiger partial charge on any atom is -0.486 e. The van der Waals surface area contributed by atoms with E-state index < -0.39 is 5.92 Å². The maximum absolute atomic E-state index is 12.9. The third kappa shape index (κ3) is 4.16. The molecule has 0 bridgehead atoms. The molecule has 2 aliphatic rings. The van der Waals surface area contributed by atoms with E-state index in [4.69, 9.17) is 9.47 Å². The van der Waals surface area contributed by atoms with Crippen LogP contribution in [0.5, 0.6) is 11.5 Å². The largest absolute Gasteiger partial charge is 0.486 e. The van der Waals surface area contributed by atoms with Gasteiger partial charge >= 0.3 is 0 Å². The summed E-state index contributed by atoms with van der Waals surface area (Å²) in [4.78, 5) is 31.2. The molecule has 1 fully saturated rings. The first kappa shape index (κ1) is 20.1. The van der Waals surface area contributed by atoms with Crippen molar-refractivity contribution in [3.05, 3.63) is 72.3 Å². The number of amides is 2. The van der Waals surface area contributed by atoms with Crippen LogP contribution in [-0.2, 0) is 22.7 Å². The molecule has 0 unspecified atom stereocenters. The molecule has 1 saturated heterocycles. The number of nitrogens with one attached hydrogen (secondary N) is 1. The number of ether oxygens (including phenoxy) is 2. The first-order valence-electron chi connectivity index (χ1n) is 10.7. The Morgan fingerprint density at radius 3 is 2.72 bits per heavy atom. The first-order chi connectivity index (χ1) is 15.7. The van der Waals surface area contributed by atoms with Crippen molar-refractivity contribution in [3.63, 3.8) is 0 Å². The standard InChI is InChI=1S/C24H24N4O4/c29-23-11-19(15-28(23)20-5-6-21-22(12-20)32-10-9-31-21)24(30)26-13-17-3-1-2-4-18(17)14-27-8-7-25-16-27/h1-8,12,16,19H,9-11,13-15H2,(H,26,30)/t19-/m0/s1. The lowest BCUT2D eigenvalue weighted by atomic mass is 10.1. The number of imidazole rings is 1. The van der Waals surface area contributed by atoms with Crippen molar-refractivity contribution in [2.45, 2.75) is 19.5 Å². The van der Waals surface area contributed by atoms with Crippen LogP contribution in [0.15, 0.2) is 61.2 Å². The highest BCUT2D eigenvalue weighted by molar-refractivity contribution is 6.00. The lowest BCUT2D eigenvalue weighted by molar-refractivity contribution is -0.126. The summed E-state index contributed by atoms with van der Waals surface area (Å²) >= 11 is 0. The fourth-order valence-corrected chi connectivity index (χ4v) is 4.12. The van der Waals surface area contributed by atoms with E-state index in [0.717, 1.165) is 16.8 Å². The topological polar surface area (TPSA) is 85.7 Å². The Morgan fingerprint density at radius 2 is 1.91 bits per heavy atom. The van der Waals surface area contributed by atoms with Gasteiger partial charge in [-0.05, 0) is 23.3 Å². The molecule has 1 aromatic heterocycles. The van der Waals surface area contributed by atoms with Crippen LogP contribution in [0, 0.1) is 5.92 Å². The van der Waals surface area contributed by atoms with Crippen LogP contribution in [0.3, 0.4) is 0 Å². The van der Waals surface area contributed by atoms with Gasteiger partial charge in [0.15, 0.2) is 11.5 Å². The molecule has 5 rings (SSSR count). The number of hydrogen-bond acceptors (Lipinski definition) is 5. The maximum atomic E-state index is 12.9. The fourth-order valence-electron chi connectivity index (χ4n) is 4.12. The SMILES string of the molecule is O=C(NCc1ccccc1Cn1ccnc1)[C@H]1CC(=O)N(c2ccc3c(c2)OCCO3)C1. The second kappa shape index (κ2) is 8.74. The molecule has 3 aromatic rings. The zero-order valence-electron chi connectivity index (χ0n) is 17.6. The molecule has 0 spiro atoms. The van der Waals surface area contributed by atoms with E-state index in [2.05, 4.69) is 10.3 Å². The van der Waals surface area contributed by atoms with Crippen molar-refractivity contribution in [3.8, 4) is 11.5 Å². The Kier molecular flexibility index (Phi) is 5.49. The summed E-state index contributed by atoms with van der Waals surface area (Å²) in [5.41, 5.74) is 2.88. The molecule has 0 radical (unpaired) electrons. The molecule has 1 atom stereocenters. The van der Waals surface area contributed by atoms with E-state index in [1.807, 2.05) is 47.2 Å². The van der Waals surface area contributed by atoms with Gasteiger partial charge in [-0.15, -0.1) is 0 Å². The predicted molar refractivity (Wildman–Crippen MR) is 118 cm³/mol. The smallest absolute Gasteiger partial charge is 0.227 e. The summed E-state index contributed by atoms with van der Waals surface area (Å²) in [7, 11) is 0. The number of fused-ring (bicyclic) bond motifs is 1. The Morgan fingerprint density at radius 1 is 1.09 bits per heavy atom. The van der Waals surface area contributed by atoms with Crippen LogP contribution >= 0.6 is 0 Å². The summed E-state index contributed by atoms with van der Waals surface area (Å²) in [5.74, 6) is 0.730. The van der Waals surface area contributed by atoms with E-state index in [9.17, 15) is 9.59 Å². The monoisotopic (exact) mass is 432 g/mol. The molecule has 164 valence electrons. The van der Waals surface area contributed by atoms with Crippen LogP contribution in [0.4, 0.5) is 5.69 Å². The minimum atomic E-state index is -0.392. The van der Waals surface area contributed by atoms with Crippen molar-refractivity contribution >= 4 is 17.5 Å². The van der Waals surface area contributed by atoms with Gasteiger partial charge in [0.05, 0.1) is 12.2 Å². The number of benzene rings is 2. The van der Waals surface area contributed by atoms with Crippen molar-refractivity contribution in [2.75, 3.05) is 24.7 Å². The van der Waals surface area contributed by atoms with Crippen LogP contribution in [0.25, 0.3) is 0 Å². The van der Waals surface area contributed by atoms with E-state index >= 15 is 0 Å². The first-order valence-corrected chi connectivity index (χ1v) is 10.7. The highest BCUT2D eigenvalue weighted by Crippen LogP contribution is 2.36. The number of hydrogen-bond donors (Lipinski definition) is 1. The zero-order valence-corrected chi connectivity index (χ0v) is 17.6. The third-order valence-electron chi connectivity index (χ3n) is 5.82. The highest BCUT2D eigenvalue weighted by Gasteiger charge is 2.35. The number of rotatable bonds is 6. The van der Waals surface area contributed by atoms with Crippen molar-refractivity contribution in [2.24, 2.45) is 5.92 Å². The molecule has 2 aliphatic heterocycles. The summed E-state index contributed by atoms with van der Waals surface area (Å²) in [6, 6.07) is 13.4. The maximum Gasteiger partial charge on any atom is 0.227 e. The van der Waals surface area contributed by atoms with Crippen molar-refractivity contribution in [1.29, 1.82) is 0 Å². The van der Waals surface area contributed by atoms with Crippen LogP contribution < -0.4 is 19.7 Å². The number of aromatic nitrogens is 2. The van der Waals surface area contributed by atoms with Gasteiger partial charge < -0.3 is 24.3 Å². The summed E-state index contributed by atoms with van der Waals surface area (Å²) in [6.45, 7) is 2.45. The third-order valence-corrected chi connectivity index (χ3v) is 5.82. The van der Waals surface area contributed by atoms with Gasteiger partial charge in [-0.1, -0.05) is 24.3 Å². The predicted octanol–water partition coefficient (Wildman–Crippen LogP) is 2.37. The molecule has 8 nitrogen and oxygen atoms in total. The van der Waals surface area contributed by atoms with Crippen molar-refractivity contribution < 1.29 is 19.1 Å². The Labute approximate surface area is 185 Å². The molecule has 8 heteroatoms. The Bertz CT molecular complexity index is 1130. The molecule has 3 heterocycles. The van der Waals surface area contributed by atoms with E-state index in [1.54, 1.807) is 23.5 Å². The zero-order chi connectivity index (χ0) is 21.9. The van der Waals surface area contributed by atoms with Gasteiger partial charge in [0.2, 0.25) is 11.8 Å². The fraction of sp³-hybridized carbons (Fsp3) is 0.292. The molecular weight excluding hydrogens is 408 g/mol. The normalized spacial score (nSPS) is 17.4. The van der Waals surface area contributed by atoms with E-state index in [-0.39, 0.29) is 18.2 Å². The van der Waals surface area contributed by atoms with Crippen LogP contribution in [0.2, 0.25) is 0 Å². The van der Waals surface area contributed by atoms with Gasteiger partial charge in [-0.25, -0.2) is 4.98 Å². The number of anilines is 1. The quantitative estimate of drug-likeness (QED) is 0.646. The molecule has 1 N–H and O–H groups in total. The molecular formula is C24H24N4O4. The van der Waals surface area contributed by atoms with Gasteiger partial charge in [-0.3, -0.25) is 9.59 Å². The summed E-state index contributed by atoms with van der Waals surface area (Å²) in [5, 5.41) is 3.02. The highest BCUT2D eigenvalue weighted by atomic mass is 16.6. The van der Waals surface area contributed by atoms with E-state index in [1.165, 1.54) is 0 Å². The van der Waals surface area contributed by atoms with Gasteiger partial charge in [0.25, 0.3) is 0 Å². The van der Waals surface area contributed by atoms with Gasteiger partial charge in [0, 0.05) is 50.2 Å². The minimum absolute atomic E-state index is 0.0673. The second-order valence-electron chi connectivity index (χ2n) is 7.95. The number of carbonyl (C=O) groups excluding carboxylic acids is 2.